The number of aliphatic hydroxyl groups excluding tert-OH is 1. The van der Waals surface area contributed by atoms with Gasteiger partial charge in [-0.3, -0.25) is 4.79 Å². The van der Waals surface area contributed by atoms with Crippen LogP contribution in [0, 0.1) is 13.8 Å². The molecule has 0 aliphatic heterocycles. The molecule has 2 atom stereocenters. The molecular weight excluding hydrogens is 390 g/mol. The van der Waals surface area contributed by atoms with Crippen LogP contribution in [0.4, 0.5) is 0 Å². The predicted molar refractivity (Wildman–Crippen MR) is 114 cm³/mol. The van der Waals surface area contributed by atoms with Crippen LogP contribution in [0.2, 0.25) is 0 Å². The van der Waals surface area contributed by atoms with Crippen LogP contribution in [0.1, 0.15) is 45.4 Å². The topological polar surface area (TPSA) is 67.1 Å². The average Bonchev–Trinajstić information content (AvgIpc) is 2.97. The molecule has 6 nitrogen and oxygen atoms in total. The Balaban J connectivity index is 0.00000240. The molecule has 29 heavy (non-hydrogen) atoms. The minimum Gasteiger partial charge on any atom is -0.479 e. The van der Waals surface area contributed by atoms with Gasteiger partial charge in [-0.2, -0.15) is 0 Å². The summed E-state index contributed by atoms with van der Waals surface area (Å²) in [5.41, 5.74) is 5.18. The summed E-state index contributed by atoms with van der Waals surface area (Å²) in [4.78, 5) is 18.8. The summed E-state index contributed by atoms with van der Waals surface area (Å²) in [7, 11) is 3.44. The zero-order chi connectivity index (χ0) is 20.0. The Morgan fingerprint density at radius 1 is 1.28 bits per heavy atom. The number of carbonyl (C=O) groups excluding carboxylic acids is 1. The van der Waals surface area contributed by atoms with Crippen LogP contribution in [0.3, 0.4) is 0 Å². The highest BCUT2D eigenvalue weighted by atomic mass is 35.5. The molecule has 2 aromatic heterocycles. The number of hydrogen-bond donors (Lipinski definition) is 1. The van der Waals surface area contributed by atoms with E-state index >= 15 is 0 Å². The number of pyridine rings is 1. The van der Waals surface area contributed by atoms with Crippen molar-refractivity contribution in [3.05, 3.63) is 64.6 Å². The Hall–Kier alpha value is -2.57. The van der Waals surface area contributed by atoms with Gasteiger partial charge in [0.25, 0.3) is 5.91 Å². The van der Waals surface area contributed by atoms with Crippen LogP contribution in [0.25, 0.3) is 5.65 Å². The number of carbonyl (C=O) groups is 1. The molecule has 7 heteroatoms. The minimum atomic E-state index is -0.611. The molecule has 0 saturated carbocycles. The van der Waals surface area contributed by atoms with Crippen LogP contribution >= 0.6 is 12.4 Å². The maximum Gasteiger partial charge on any atom is 0.254 e. The average molecular weight is 416 g/mol. The Bertz CT molecular complexity index is 1060. The van der Waals surface area contributed by atoms with Gasteiger partial charge >= 0.3 is 0 Å². The van der Waals surface area contributed by atoms with Crippen molar-refractivity contribution in [2.75, 3.05) is 14.1 Å². The van der Waals surface area contributed by atoms with Gasteiger partial charge in [-0.25, -0.2) is 4.98 Å². The largest absolute Gasteiger partial charge is 0.479 e. The highest BCUT2D eigenvalue weighted by Crippen LogP contribution is 2.36. The highest BCUT2D eigenvalue weighted by molar-refractivity contribution is 5.94. The third kappa shape index (κ3) is 3.70. The van der Waals surface area contributed by atoms with Gasteiger partial charge in [-0.15, -0.1) is 12.4 Å². The summed E-state index contributed by atoms with van der Waals surface area (Å²) in [6.45, 7) is 3.90. The number of hydrogen-bond acceptors (Lipinski definition) is 4. The number of ether oxygens (including phenoxy) is 1. The van der Waals surface area contributed by atoms with Crippen LogP contribution in [0.15, 0.2) is 36.5 Å². The van der Waals surface area contributed by atoms with Crippen molar-refractivity contribution in [1.29, 1.82) is 0 Å². The third-order valence-corrected chi connectivity index (χ3v) is 5.49. The van der Waals surface area contributed by atoms with Crippen molar-refractivity contribution >= 4 is 24.0 Å². The van der Waals surface area contributed by atoms with E-state index in [1.807, 2.05) is 36.4 Å². The molecule has 0 bridgehead atoms. The Kier molecular flexibility index (Phi) is 5.87. The molecule has 2 heterocycles. The van der Waals surface area contributed by atoms with Crippen LogP contribution in [0.5, 0.6) is 5.75 Å². The monoisotopic (exact) mass is 415 g/mol. The molecular formula is C22H26ClN3O3. The number of amides is 1. The summed E-state index contributed by atoms with van der Waals surface area (Å²) >= 11 is 0. The van der Waals surface area contributed by atoms with Crippen molar-refractivity contribution in [3.8, 4) is 5.75 Å². The summed E-state index contributed by atoms with van der Waals surface area (Å²) in [5, 5.41) is 10.6. The molecule has 1 N–H and O–H groups in total. The van der Waals surface area contributed by atoms with Gasteiger partial charge in [0.15, 0.2) is 11.4 Å². The van der Waals surface area contributed by atoms with Crippen molar-refractivity contribution in [2.45, 2.75) is 38.9 Å². The summed E-state index contributed by atoms with van der Waals surface area (Å²) in [5.74, 6) is 0.395. The molecule has 0 spiro atoms. The van der Waals surface area contributed by atoms with E-state index in [-0.39, 0.29) is 18.3 Å². The van der Waals surface area contributed by atoms with Crippen molar-refractivity contribution < 1.29 is 14.6 Å². The predicted octanol–water partition coefficient (Wildman–Crippen LogP) is 3.50. The smallest absolute Gasteiger partial charge is 0.254 e. The first-order valence-electron chi connectivity index (χ1n) is 9.50. The molecule has 0 radical (unpaired) electrons. The Morgan fingerprint density at radius 3 is 2.72 bits per heavy atom. The van der Waals surface area contributed by atoms with Gasteiger partial charge in [0.05, 0.1) is 17.4 Å². The van der Waals surface area contributed by atoms with Gasteiger partial charge in [0.2, 0.25) is 0 Å². The van der Waals surface area contributed by atoms with Gasteiger partial charge in [0.1, 0.15) is 6.10 Å². The van der Waals surface area contributed by atoms with E-state index in [0.717, 1.165) is 23.4 Å². The summed E-state index contributed by atoms with van der Waals surface area (Å²) in [6, 6.07) is 9.76. The number of benzene rings is 1. The number of aryl methyl sites for hydroxylation is 3. The molecule has 1 aliphatic rings. The fourth-order valence-electron chi connectivity index (χ4n) is 3.78. The number of rotatable bonds is 3. The van der Waals surface area contributed by atoms with Crippen LogP contribution < -0.4 is 4.74 Å². The second-order valence-corrected chi connectivity index (χ2v) is 7.61. The first kappa shape index (κ1) is 21.1. The molecule has 0 fully saturated rings. The standard InChI is InChI=1S/C22H25N3O3.ClH/c1-13-14(2)25-12-16(22(27)24(3)4)11-19(21(25)23-13)28-20-17-8-6-5-7-15(17)9-10-18(20)26;/h5-8,11-12,18,20,26H,9-10H2,1-4H3;1H/t18-,20-;/m1./s1. The van der Waals surface area contributed by atoms with E-state index < -0.39 is 12.2 Å². The number of imidazole rings is 1. The number of halogens is 1. The third-order valence-electron chi connectivity index (χ3n) is 5.49. The Labute approximate surface area is 176 Å². The molecule has 154 valence electrons. The quantitative estimate of drug-likeness (QED) is 0.710. The summed E-state index contributed by atoms with van der Waals surface area (Å²) < 4.78 is 8.23. The SMILES string of the molecule is Cc1nc2c(O[C@@H]3c4ccccc4CC[C@H]3O)cc(C(=O)N(C)C)cn2c1C.Cl. The lowest BCUT2D eigenvalue weighted by molar-refractivity contribution is 0.0233. The Morgan fingerprint density at radius 2 is 2.00 bits per heavy atom. The van der Waals surface area contributed by atoms with E-state index in [1.165, 1.54) is 10.5 Å². The normalized spacial score (nSPS) is 18.1. The molecule has 1 aromatic carbocycles. The molecule has 4 rings (SSSR count). The van der Waals surface area contributed by atoms with Crippen molar-refractivity contribution in [3.63, 3.8) is 0 Å². The maximum atomic E-state index is 12.6. The fraction of sp³-hybridized carbons (Fsp3) is 0.364. The summed E-state index contributed by atoms with van der Waals surface area (Å²) in [6.07, 6.45) is 2.16. The number of aliphatic hydroxyl groups is 1. The second-order valence-electron chi connectivity index (χ2n) is 7.61. The van der Waals surface area contributed by atoms with Crippen molar-refractivity contribution in [2.24, 2.45) is 0 Å². The van der Waals surface area contributed by atoms with E-state index in [2.05, 4.69) is 11.1 Å². The van der Waals surface area contributed by atoms with Gasteiger partial charge < -0.3 is 19.1 Å². The van der Waals surface area contributed by atoms with Crippen LogP contribution in [-0.4, -0.2) is 45.5 Å². The van der Waals surface area contributed by atoms with Gasteiger partial charge in [-0.1, -0.05) is 24.3 Å². The van der Waals surface area contributed by atoms with Crippen molar-refractivity contribution in [1.82, 2.24) is 14.3 Å². The number of fused-ring (bicyclic) bond motifs is 2. The van der Waals surface area contributed by atoms with Gasteiger partial charge in [-0.05, 0) is 43.9 Å². The zero-order valence-corrected chi connectivity index (χ0v) is 17.9. The number of nitrogens with zero attached hydrogens (tertiary/aromatic N) is 3. The van der Waals surface area contributed by atoms with E-state index in [1.54, 1.807) is 26.4 Å². The first-order valence-corrected chi connectivity index (χ1v) is 9.50. The minimum absolute atomic E-state index is 0. The molecule has 1 aliphatic carbocycles. The highest BCUT2D eigenvalue weighted by Gasteiger charge is 2.31. The van der Waals surface area contributed by atoms with Gasteiger partial charge in [0, 0.05) is 26.0 Å². The lowest BCUT2D eigenvalue weighted by Crippen LogP contribution is -2.29. The second kappa shape index (κ2) is 8.05. The lowest BCUT2D eigenvalue weighted by atomic mass is 9.87. The van der Waals surface area contributed by atoms with E-state index in [9.17, 15) is 9.90 Å². The molecule has 1 amide bonds. The molecule has 0 saturated heterocycles. The molecule has 3 aromatic rings. The lowest BCUT2D eigenvalue weighted by Gasteiger charge is -2.31. The number of aromatic nitrogens is 2. The maximum absolute atomic E-state index is 12.6. The first-order chi connectivity index (χ1) is 13.4. The fourth-order valence-corrected chi connectivity index (χ4v) is 3.78. The van der Waals surface area contributed by atoms with Crippen LogP contribution in [-0.2, 0) is 6.42 Å². The van der Waals surface area contributed by atoms with E-state index in [4.69, 9.17) is 4.74 Å². The molecule has 0 unspecified atom stereocenters. The zero-order valence-electron chi connectivity index (χ0n) is 17.0. The van der Waals surface area contributed by atoms with E-state index in [0.29, 0.717) is 23.4 Å².